The van der Waals surface area contributed by atoms with Gasteiger partial charge in [-0.3, -0.25) is 0 Å². The van der Waals surface area contributed by atoms with Crippen molar-refractivity contribution in [3.05, 3.63) is 18.2 Å². The van der Waals surface area contributed by atoms with Crippen LogP contribution in [0, 0.1) is 0 Å². The van der Waals surface area contributed by atoms with E-state index >= 15 is 0 Å². The van der Waals surface area contributed by atoms with Crippen molar-refractivity contribution in [2.45, 2.75) is 13.2 Å². The highest BCUT2D eigenvalue weighted by Crippen LogP contribution is 1.95. The number of aliphatic hydroxyl groups excluding tert-OH is 2. The Hall–Kier alpha value is -0.910. The Kier molecular flexibility index (Phi) is 4.45. The molecule has 5 heteroatoms. The molecule has 1 heterocycles. The lowest BCUT2D eigenvalue weighted by Crippen LogP contribution is -2.06. The van der Waals surface area contributed by atoms with Gasteiger partial charge in [-0.15, -0.1) is 0 Å². The molecule has 0 aromatic carbocycles. The third kappa shape index (κ3) is 3.54. The second-order valence-corrected chi connectivity index (χ2v) is 2.60. The van der Waals surface area contributed by atoms with Gasteiger partial charge in [0.15, 0.2) is 0 Å². The highest BCUT2D eigenvalue weighted by Gasteiger charge is 1.95. The summed E-state index contributed by atoms with van der Waals surface area (Å²) in [6.07, 6.45) is 3.41. The van der Waals surface area contributed by atoms with Crippen LogP contribution in [0.3, 0.4) is 0 Å². The summed E-state index contributed by atoms with van der Waals surface area (Å²) < 4.78 is 6.90. The number of hydrogen-bond acceptors (Lipinski definition) is 4. The van der Waals surface area contributed by atoms with Crippen molar-refractivity contribution in [2.24, 2.45) is 0 Å². The van der Waals surface area contributed by atoms with E-state index in [0.29, 0.717) is 25.5 Å². The van der Waals surface area contributed by atoms with Crippen molar-refractivity contribution >= 4 is 0 Å². The first kappa shape index (κ1) is 10.2. The summed E-state index contributed by atoms with van der Waals surface area (Å²) in [5.41, 5.74) is 0.655. The fourth-order valence-electron chi connectivity index (χ4n) is 0.947. The molecule has 0 saturated carbocycles. The summed E-state index contributed by atoms with van der Waals surface area (Å²) in [6, 6.07) is 0. The summed E-state index contributed by atoms with van der Waals surface area (Å²) in [7, 11) is 0. The van der Waals surface area contributed by atoms with Gasteiger partial charge in [0.25, 0.3) is 0 Å². The number of aliphatic hydroxyl groups is 2. The van der Waals surface area contributed by atoms with Crippen molar-refractivity contribution in [1.29, 1.82) is 0 Å². The third-order valence-electron chi connectivity index (χ3n) is 1.58. The molecule has 5 nitrogen and oxygen atoms in total. The van der Waals surface area contributed by atoms with Crippen LogP contribution < -0.4 is 0 Å². The standard InChI is InChI=1S/C8H14N2O3/c11-2-4-13-3-1-10-5-8(6-12)9-7-10/h5,7,11-12H,1-4,6H2. The molecule has 74 valence electrons. The minimum Gasteiger partial charge on any atom is -0.394 e. The smallest absolute Gasteiger partial charge is 0.0951 e. The van der Waals surface area contributed by atoms with Crippen molar-refractivity contribution in [2.75, 3.05) is 19.8 Å². The number of nitrogens with zero attached hydrogens (tertiary/aromatic N) is 2. The normalized spacial score (nSPS) is 10.6. The van der Waals surface area contributed by atoms with Gasteiger partial charge in [0.05, 0.1) is 38.4 Å². The van der Waals surface area contributed by atoms with E-state index < -0.39 is 0 Å². The Morgan fingerprint density at radius 3 is 2.85 bits per heavy atom. The van der Waals surface area contributed by atoms with Crippen molar-refractivity contribution in [3.63, 3.8) is 0 Å². The molecule has 0 bridgehead atoms. The molecule has 0 aliphatic carbocycles. The predicted molar refractivity (Wildman–Crippen MR) is 46.1 cm³/mol. The van der Waals surface area contributed by atoms with E-state index in [2.05, 4.69) is 4.98 Å². The van der Waals surface area contributed by atoms with Crippen LogP contribution in [0.4, 0.5) is 0 Å². The average Bonchev–Trinajstić information content (AvgIpc) is 2.60. The van der Waals surface area contributed by atoms with Crippen LogP contribution >= 0.6 is 0 Å². The quantitative estimate of drug-likeness (QED) is 0.581. The molecule has 1 rings (SSSR count). The molecule has 1 aromatic heterocycles. The molecular weight excluding hydrogens is 172 g/mol. The maximum Gasteiger partial charge on any atom is 0.0951 e. The zero-order chi connectivity index (χ0) is 9.52. The fourth-order valence-corrected chi connectivity index (χ4v) is 0.947. The van der Waals surface area contributed by atoms with Crippen molar-refractivity contribution in [3.8, 4) is 0 Å². The van der Waals surface area contributed by atoms with E-state index in [-0.39, 0.29) is 13.2 Å². The molecule has 0 atom stereocenters. The van der Waals surface area contributed by atoms with Crippen LogP contribution in [0.1, 0.15) is 5.69 Å². The van der Waals surface area contributed by atoms with Gasteiger partial charge in [-0.05, 0) is 0 Å². The Morgan fingerprint density at radius 1 is 1.38 bits per heavy atom. The summed E-state index contributed by atoms with van der Waals surface area (Å²) in [4.78, 5) is 3.94. The average molecular weight is 186 g/mol. The van der Waals surface area contributed by atoms with Crippen LogP contribution in [-0.2, 0) is 17.9 Å². The molecule has 0 aliphatic rings. The fraction of sp³-hybridized carbons (Fsp3) is 0.625. The van der Waals surface area contributed by atoms with Crippen LogP contribution in [-0.4, -0.2) is 39.6 Å². The van der Waals surface area contributed by atoms with Crippen molar-refractivity contribution in [1.82, 2.24) is 9.55 Å². The zero-order valence-corrected chi connectivity index (χ0v) is 7.39. The van der Waals surface area contributed by atoms with E-state index in [1.807, 2.05) is 4.57 Å². The Labute approximate surface area is 76.6 Å². The molecule has 0 fully saturated rings. The first-order chi connectivity index (χ1) is 6.36. The lowest BCUT2D eigenvalue weighted by atomic mass is 10.5. The molecule has 0 spiro atoms. The maximum atomic E-state index is 8.72. The molecule has 0 amide bonds. The van der Waals surface area contributed by atoms with Crippen LogP contribution in [0.15, 0.2) is 12.5 Å². The highest BCUT2D eigenvalue weighted by molar-refractivity contribution is 4.93. The van der Waals surface area contributed by atoms with E-state index in [0.717, 1.165) is 0 Å². The minimum atomic E-state index is -0.0372. The highest BCUT2D eigenvalue weighted by atomic mass is 16.5. The molecule has 0 unspecified atom stereocenters. The molecule has 1 aromatic rings. The van der Waals surface area contributed by atoms with Crippen molar-refractivity contribution < 1.29 is 14.9 Å². The molecule has 0 saturated heterocycles. The van der Waals surface area contributed by atoms with E-state index in [4.69, 9.17) is 14.9 Å². The van der Waals surface area contributed by atoms with Gasteiger partial charge in [0.2, 0.25) is 0 Å². The predicted octanol–water partition coefficient (Wildman–Crippen LogP) is -0.616. The summed E-state index contributed by atoms with van der Waals surface area (Å²) in [6.45, 7) is 1.60. The van der Waals surface area contributed by atoms with E-state index in [1.54, 1.807) is 12.5 Å². The number of aromatic nitrogens is 2. The first-order valence-corrected chi connectivity index (χ1v) is 4.17. The maximum absolute atomic E-state index is 8.72. The van der Waals surface area contributed by atoms with E-state index in [9.17, 15) is 0 Å². The van der Waals surface area contributed by atoms with Gasteiger partial charge in [-0.1, -0.05) is 0 Å². The lowest BCUT2D eigenvalue weighted by molar-refractivity contribution is 0.0869. The van der Waals surface area contributed by atoms with E-state index in [1.165, 1.54) is 0 Å². The second-order valence-electron chi connectivity index (χ2n) is 2.60. The topological polar surface area (TPSA) is 67.5 Å². The van der Waals surface area contributed by atoms with Gasteiger partial charge in [0.1, 0.15) is 0 Å². The zero-order valence-electron chi connectivity index (χ0n) is 7.39. The molecule has 2 N–H and O–H groups in total. The monoisotopic (exact) mass is 186 g/mol. The summed E-state index contributed by atoms with van der Waals surface area (Å²) in [5, 5.41) is 17.1. The molecule has 0 radical (unpaired) electrons. The van der Waals surface area contributed by atoms with Gasteiger partial charge in [0, 0.05) is 12.7 Å². The second kappa shape index (κ2) is 5.69. The Balaban J connectivity index is 2.20. The minimum absolute atomic E-state index is 0.0372. The Bertz CT molecular complexity index is 237. The number of imidazole rings is 1. The van der Waals surface area contributed by atoms with Gasteiger partial charge in [-0.2, -0.15) is 0 Å². The lowest BCUT2D eigenvalue weighted by Gasteiger charge is -2.02. The van der Waals surface area contributed by atoms with Crippen LogP contribution in [0.25, 0.3) is 0 Å². The number of ether oxygens (including phenoxy) is 1. The molecule has 0 aliphatic heterocycles. The summed E-state index contributed by atoms with van der Waals surface area (Å²) >= 11 is 0. The molecular formula is C8H14N2O3. The van der Waals surface area contributed by atoms with Gasteiger partial charge in [-0.25, -0.2) is 4.98 Å². The Morgan fingerprint density at radius 2 is 2.23 bits per heavy atom. The van der Waals surface area contributed by atoms with Gasteiger partial charge < -0.3 is 19.5 Å². The third-order valence-corrected chi connectivity index (χ3v) is 1.58. The SMILES string of the molecule is OCCOCCn1cnc(CO)c1. The summed E-state index contributed by atoms with van der Waals surface area (Å²) in [5.74, 6) is 0. The van der Waals surface area contributed by atoms with Crippen LogP contribution in [0.2, 0.25) is 0 Å². The molecule has 13 heavy (non-hydrogen) atoms. The largest absolute Gasteiger partial charge is 0.394 e. The number of rotatable bonds is 6. The first-order valence-electron chi connectivity index (χ1n) is 4.17. The van der Waals surface area contributed by atoms with Crippen LogP contribution in [0.5, 0.6) is 0 Å². The number of hydrogen-bond donors (Lipinski definition) is 2. The van der Waals surface area contributed by atoms with Gasteiger partial charge >= 0.3 is 0 Å².